The highest BCUT2D eigenvalue weighted by Crippen LogP contribution is 2.61. The van der Waals surface area contributed by atoms with Gasteiger partial charge in [-0.15, -0.1) is 0 Å². The first-order valence-electron chi connectivity index (χ1n) is 13.5. The van der Waals surface area contributed by atoms with Gasteiger partial charge < -0.3 is 0 Å². The van der Waals surface area contributed by atoms with Gasteiger partial charge in [0.15, 0.2) is 0 Å². The zero-order chi connectivity index (χ0) is 19.7. The van der Waals surface area contributed by atoms with Crippen molar-refractivity contribution in [1.82, 2.24) is 0 Å². The molecule has 4 rings (SSSR count). The molecule has 0 amide bonds. The first kappa shape index (κ1) is 23.4. The summed E-state index contributed by atoms with van der Waals surface area (Å²) in [6, 6.07) is 0. The van der Waals surface area contributed by atoms with Crippen LogP contribution in [0.25, 0.3) is 0 Å². The third-order valence-corrected chi connectivity index (χ3v) is 18.3. The summed E-state index contributed by atoms with van der Waals surface area (Å²) in [6.07, 6.45) is 31.4. The van der Waals surface area contributed by atoms with E-state index in [0.29, 0.717) is 15.8 Å². The maximum absolute atomic E-state index is 2.50. The minimum atomic E-state index is 0.311. The van der Waals surface area contributed by atoms with Gasteiger partial charge in [0.1, 0.15) is 0 Å². The van der Waals surface area contributed by atoms with E-state index in [2.05, 4.69) is 11.8 Å². The first-order valence-corrected chi connectivity index (χ1v) is 18.0. The van der Waals surface area contributed by atoms with Gasteiger partial charge in [0.05, 0.1) is 0 Å². The number of hydrogen-bond donors (Lipinski definition) is 0. The monoisotopic (exact) mass is 454 g/mol. The van der Waals surface area contributed by atoms with Crippen LogP contribution >= 0.6 is 27.6 Å². The van der Waals surface area contributed by atoms with Gasteiger partial charge in [-0.2, -0.15) is 11.8 Å². The van der Waals surface area contributed by atoms with Crippen LogP contribution in [-0.4, -0.2) is 33.6 Å². The lowest BCUT2D eigenvalue weighted by atomic mass is 9.99. The van der Waals surface area contributed by atoms with Gasteiger partial charge in [0, 0.05) is 11.0 Å². The Bertz CT molecular complexity index is 356. The fourth-order valence-corrected chi connectivity index (χ4v) is 18.3. The summed E-state index contributed by atoms with van der Waals surface area (Å²) in [6.45, 7) is 0. The Morgan fingerprint density at radius 3 is 0.862 bits per heavy atom. The minimum Gasteiger partial charge on any atom is -0.153 e. The van der Waals surface area contributed by atoms with E-state index in [0.717, 1.165) is 22.6 Å². The van der Waals surface area contributed by atoms with Crippen molar-refractivity contribution in [3.63, 3.8) is 0 Å². The summed E-state index contributed by atoms with van der Waals surface area (Å²) in [5.74, 6) is 0. The van der Waals surface area contributed by atoms with Crippen molar-refractivity contribution in [2.75, 3.05) is 11.0 Å². The zero-order valence-corrected chi connectivity index (χ0v) is 21.8. The number of rotatable bonds is 8. The van der Waals surface area contributed by atoms with E-state index in [1.54, 1.807) is 114 Å². The molecule has 0 radical (unpaired) electrons. The molecular weight excluding hydrogens is 406 g/mol. The molecule has 0 aromatic carbocycles. The average Bonchev–Trinajstić information content (AvgIpc) is 2.81. The van der Waals surface area contributed by atoms with Crippen molar-refractivity contribution in [2.24, 2.45) is 0 Å². The van der Waals surface area contributed by atoms with Crippen LogP contribution in [0.2, 0.25) is 0 Å². The van der Waals surface area contributed by atoms with E-state index in [1.165, 1.54) is 25.7 Å². The number of hydrogen-bond acceptors (Lipinski definition) is 1. The molecule has 3 heteroatoms. The summed E-state index contributed by atoms with van der Waals surface area (Å²) in [4.78, 5) is 0. The van der Waals surface area contributed by atoms with Crippen LogP contribution in [0.1, 0.15) is 128 Å². The van der Waals surface area contributed by atoms with Crippen LogP contribution in [0, 0.1) is 0 Å². The molecule has 4 aliphatic rings. The second kappa shape index (κ2) is 13.0. The van der Waals surface area contributed by atoms with E-state index in [9.17, 15) is 0 Å². The van der Waals surface area contributed by atoms with E-state index in [4.69, 9.17) is 0 Å². The summed E-state index contributed by atoms with van der Waals surface area (Å²) in [7, 11) is 0.622. The Labute approximate surface area is 189 Å². The Balaban J connectivity index is 1.34. The topological polar surface area (TPSA) is 0 Å². The molecule has 168 valence electrons. The highest BCUT2D eigenvalue weighted by molar-refractivity contribution is 8.09. The Morgan fingerprint density at radius 1 is 0.379 bits per heavy atom. The van der Waals surface area contributed by atoms with Gasteiger partial charge in [-0.1, -0.05) is 92.9 Å². The summed E-state index contributed by atoms with van der Waals surface area (Å²) >= 11 is 2.50. The van der Waals surface area contributed by atoms with Crippen LogP contribution in [0.5, 0.6) is 0 Å². The van der Waals surface area contributed by atoms with Crippen molar-refractivity contribution in [1.29, 1.82) is 0 Å². The fourth-order valence-electron chi connectivity index (χ4n) is 6.92. The number of thioether (sulfide) groups is 1. The molecule has 4 aliphatic carbocycles. The Morgan fingerprint density at radius 2 is 0.621 bits per heavy atom. The second-order valence-electron chi connectivity index (χ2n) is 10.7. The molecule has 0 aromatic heterocycles. The smallest absolute Gasteiger partial charge is 0.0145 e. The largest absolute Gasteiger partial charge is 0.153 e. The van der Waals surface area contributed by atoms with Crippen molar-refractivity contribution in [3.05, 3.63) is 0 Å². The lowest BCUT2D eigenvalue weighted by molar-refractivity contribution is 0.485. The van der Waals surface area contributed by atoms with Crippen molar-refractivity contribution in [3.8, 4) is 0 Å². The van der Waals surface area contributed by atoms with Gasteiger partial charge in [-0.25, -0.2) is 0 Å². The molecule has 0 atom stereocenters. The molecule has 0 spiro atoms. The fraction of sp³-hybridized carbons (Fsp3) is 1.00. The summed E-state index contributed by atoms with van der Waals surface area (Å²) in [5, 5.41) is 0. The molecule has 0 saturated heterocycles. The van der Waals surface area contributed by atoms with Crippen LogP contribution in [0.4, 0.5) is 0 Å². The normalized spacial score (nSPS) is 27.1. The minimum absolute atomic E-state index is 0.311. The van der Waals surface area contributed by atoms with Crippen LogP contribution < -0.4 is 0 Å². The van der Waals surface area contributed by atoms with E-state index in [-0.39, 0.29) is 0 Å². The molecule has 0 bridgehead atoms. The lowest BCUT2D eigenvalue weighted by Gasteiger charge is -2.40. The van der Waals surface area contributed by atoms with E-state index < -0.39 is 0 Å². The lowest BCUT2D eigenvalue weighted by Crippen LogP contribution is -2.23. The van der Waals surface area contributed by atoms with Gasteiger partial charge >= 0.3 is 0 Å². The van der Waals surface area contributed by atoms with Crippen molar-refractivity contribution >= 4 is 27.6 Å². The molecule has 29 heavy (non-hydrogen) atoms. The first-order chi connectivity index (χ1) is 14.4. The second-order valence-corrected chi connectivity index (χ2v) is 18.1. The predicted molar refractivity (Wildman–Crippen MR) is 139 cm³/mol. The van der Waals surface area contributed by atoms with Gasteiger partial charge in [-0.3, -0.25) is 0 Å². The maximum atomic E-state index is 2.50. The maximum Gasteiger partial charge on any atom is 0.0145 e. The molecule has 0 aliphatic heterocycles. The highest BCUT2D eigenvalue weighted by Gasteiger charge is 2.33. The van der Waals surface area contributed by atoms with Crippen molar-refractivity contribution in [2.45, 2.75) is 151 Å². The summed E-state index contributed by atoms with van der Waals surface area (Å²) in [5.41, 5.74) is 7.83. The van der Waals surface area contributed by atoms with Crippen LogP contribution in [-0.2, 0) is 0 Å². The summed E-state index contributed by atoms with van der Waals surface area (Å²) < 4.78 is 0. The van der Waals surface area contributed by atoms with Crippen molar-refractivity contribution < 1.29 is 0 Å². The Hall–Kier alpha value is 1.21. The van der Waals surface area contributed by atoms with Gasteiger partial charge in [0.2, 0.25) is 0 Å². The third kappa shape index (κ3) is 7.10. The van der Waals surface area contributed by atoms with E-state index >= 15 is 0 Å². The molecule has 0 aromatic rings. The average molecular weight is 455 g/mol. The molecule has 0 N–H and O–H groups in total. The Kier molecular flexibility index (Phi) is 10.5. The molecule has 0 nitrogen and oxygen atoms in total. The predicted octanol–water partition coefficient (Wildman–Crippen LogP) is 9.93. The third-order valence-electron chi connectivity index (χ3n) is 8.66. The quantitative estimate of drug-likeness (QED) is 0.329. The standard InChI is InChI=1S/C26H48P2S/c1-5-13-23(14-6-1)27(24-15-7-2-8-16-24)21-29-22-28(25-17-9-3-10-18-25)26-19-11-4-12-20-26/h23-26H,1-22H2. The molecule has 4 fully saturated rings. The van der Waals surface area contributed by atoms with Crippen LogP contribution in [0.15, 0.2) is 0 Å². The highest BCUT2D eigenvalue weighted by atomic mass is 32.2. The molecule has 0 heterocycles. The van der Waals surface area contributed by atoms with Gasteiger partial charge in [-0.05, 0) is 74.0 Å². The van der Waals surface area contributed by atoms with Gasteiger partial charge in [0.25, 0.3) is 0 Å². The van der Waals surface area contributed by atoms with E-state index in [1.807, 2.05) is 0 Å². The molecular formula is C26H48P2S. The van der Waals surface area contributed by atoms with Crippen LogP contribution in [0.3, 0.4) is 0 Å². The molecule has 4 saturated carbocycles. The zero-order valence-electron chi connectivity index (χ0n) is 19.2. The molecule has 0 unspecified atom stereocenters. The SMILES string of the molecule is C1CCC(P(CSCP(C2CCCCC2)C2CCCCC2)C2CCCCC2)CC1.